The number of phenols is 1. The lowest BCUT2D eigenvalue weighted by Crippen LogP contribution is -2.11. The van der Waals surface area contributed by atoms with E-state index in [1.807, 2.05) is 37.3 Å². The molecule has 2 aromatic rings. The van der Waals surface area contributed by atoms with Crippen LogP contribution in [-0.2, 0) is 0 Å². The number of aromatic nitrogens is 1. The van der Waals surface area contributed by atoms with Crippen LogP contribution in [0.4, 0.5) is 5.69 Å². The van der Waals surface area contributed by atoms with Crippen molar-refractivity contribution in [2.75, 3.05) is 11.9 Å². The van der Waals surface area contributed by atoms with Crippen LogP contribution in [0, 0.1) is 0 Å². The molecule has 0 bridgehead atoms. The van der Waals surface area contributed by atoms with Crippen molar-refractivity contribution in [3.63, 3.8) is 0 Å². The number of rotatable bonds is 6. The van der Waals surface area contributed by atoms with Gasteiger partial charge in [0.15, 0.2) is 0 Å². The third kappa shape index (κ3) is 3.20. The molecule has 4 heteroatoms. The van der Waals surface area contributed by atoms with Gasteiger partial charge in [-0.25, -0.2) is 4.98 Å². The number of para-hydroxylation sites is 1. The number of benzene rings is 1. The third-order valence-corrected chi connectivity index (χ3v) is 3.10. The first kappa shape index (κ1) is 14.2. The van der Waals surface area contributed by atoms with Crippen LogP contribution in [0.1, 0.15) is 31.9 Å². The van der Waals surface area contributed by atoms with Crippen LogP contribution in [0.3, 0.4) is 0 Å². The van der Waals surface area contributed by atoms with Gasteiger partial charge in [-0.15, -0.1) is 0 Å². The number of hydrogen-bond acceptors (Lipinski definition) is 4. The molecule has 0 saturated carbocycles. The maximum atomic E-state index is 9.98. The lowest BCUT2D eigenvalue weighted by atomic mass is 10.0. The number of nitrogens with zero attached hydrogens (tertiary/aromatic N) is 1. The van der Waals surface area contributed by atoms with Crippen molar-refractivity contribution < 1.29 is 9.84 Å². The van der Waals surface area contributed by atoms with Gasteiger partial charge in [-0.05, 0) is 31.5 Å². The lowest BCUT2D eigenvalue weighted by molar-refractivity contribution is 0.328. The van der Waals surface area contributed by atoms with Crippen molar-refractivity contribution in [2.24, 2.45) is 0 Å². The van der Waals surface area contributed by atoms with Crippen molar-refractivity contribution >= 4 is 5.69 Å². The Balaban J connectivity index is 2.25. The number of nitrogens with one attached hydrogen (secondary N) is 1. The van der Waals surface area contributed by atoms with Crippen LogP contribution >= 0.6 is 0 Å². The first-order valence-corrected chi connectivity index (χ1v) is 6.88. The third-order valence-electron chi connectivity index (χ3n) is 3.10. The van der Waals surface area contributed by atoms with Crippen LogP contribution in [0.15, 0.2) is 42.6 Å². The van der Waals surface area contributed by atoms with Crippen LogP contribution in [0.5, 0.6) is 11.6 Å². The fraction of sp³-hybridized carbons (Fsp3) is 0.312. The topological polar surface area (TPSA) is 54.4 Å². The monoisotopic (exact) mass is 272 g/mol. The fourth-order valence-corrected chi connectivity index (χ4v) is 2.12. The van der Waals surface area contributed by atoms with Gasteiger partial charge in [-0.1, -0.05) is 25.1 Å². The number of aromatic hydroxyl groups is 1. The zero-order valence-corrected chi connectivity index (χ0v) is 11.8. The van der Waals surface area contributed by atoms with E-state index in [0.717, 1.165) is 17.7 Å². The normalized spacial score (nSPS) is 11.9. The summed E-state index contributed by atoms with van der Waals surface area (Å²) in [7, 11) is 0. The Kier molecular flexibility index (Phi) is 4.82. The molecule has 1 unspecified atom stereocenters. The molecule has 1 aromatic heterocycles. The molecule has 106 valence electrons. The first-order chi connectivity index (χ1) is 9.76. The average molecular weight is 272 g/mol. The van der Waals surface area contributed by atoms with Gasteiger partial charge in [0.1, 0.15) is 5.75 Å². The maximum absolute atomic E-state index is 9.98. The number of hydrogen-bond donors (Lipinski definition) is 2. The predicted octanol–water partition coefficient (Wildman–Crippen LogP) is 3.75. The van der Waals surface area contributed by atoms with Gasteiger partial charge in [0, 0.05) is 11.8 Å². The van der Waals surface area contributed by atoms with Crippen molar-refractivity contribution in [1.29, 1.82) is 0 Å². The summed E-state index contributed by atoms with van der Waals surface area (Å²) in [6.07, 6.45) is 2.55. The lowest BCUT2D eigenvalue weighted by Gasteiger charge is -2.21. The SMILES string of the molecule is CCOc1ncccc1NC(CC)c1ccccc1O. The highest BCUT2D eigenvalue weighted by Crippen LogP contribution is 2.31. The molecule has 0 spiro atoms. The van der Waals surface area contributed by atoms with E-state index in [0.29, 0.717) is 18.2 Å². The summed E-state index contributed by atoms with van der Waals surface area (Å²) >= 11 is 0. The minimum absolute atomic E-state index is 0.0135. The van der Waals surface area contributed by atoms with Crippen molar-refractivity contribution in [2.45, 2.75) is 26.3 Å². The molecule has 1 atom stereocenters. The van der Waals surface area contributed by atoms with Crippen molar-refractivity contribution in [3.05, 3.63) is 48.2 Å². The quantitative estimate of drug-likeness (QED) is 0.841. The van der Waals surface area contributed by atoms with E-state index < -0.39 is 0 Å². The molecule has 1 heterocycles. The molecule has 2 N–H and O–H groups in total. The predicted molar refractivity (Wildman–Crippen MR) is 80.2 cm³/mol. The Labute approximate surface area is 119 Å². The fourth-order valence-electron chi connectivity index (χ4n) is 2.12. The minimum atomic E-state index is 0.0135. The van der Waals surface area contributed by atoms with Crippen LogP contribution < -0.4 is 10.1 Å². The molecule has 0 saturated heterocycles. The summed E-state index contributed by atoms with van der Waals surface area (Å²) in [4.78, 5) is 4.22. The Morgan fingerprint density at radius 1 is 1.20 bits per heavy atom. The first-order valence-electron chi connectivity index (χ1n) is 6.88. The van der Waals surface area contributed by atoms with E-state index >= 15 is 0 Å². The summed E-state index contributed by atoms with van der Waals surface area (Å²) in [6, 6.07) is 11.2. The molecule has 4 nitrogen and oxygen atoms in total. The molecule has 1 aromatic carbocycles. The van der Waals surface area contributed by atoms with Gasteiger partial charge in [-0.3, -0.25) is 0 Å². The van der Waals surface area contributed by atoms with Crippen LogP contribution in [-0.4, -0.2) is 16.7 Å². The zero-order chi connectivity index (χ0) is 14.4. The van der Waals surface area contributed by atoms with Crippen molar-refractivity contribution in [1.82, 2.24) is 4.98 Å². The second-order valence-corrected chi connectivity index (χ2v) is 4.45. The molecular weight excluding hydrogens is 252 g/mol. The molecule has 2 rings (SSSR count). The molecule has 20 heavy (non-hydrogen) atoms. The van der Waals surface area contributed by atoms with Crippen LogP contribution in [0.25, 0.3) is 0 Å². The molecule has 0 aliphatic carbocycles. The number of pyridine rings is 1. The van der Waals surface area contributed by atoms with E-state index in [-0.39, 0.29) is 6.04 Å². The van der Waals surface area contributed by atoms with E-state index in [1.54, 1.807) is 12.3 Å². The van der Waals surface area contributed by atoms with Gasteiger partial charge < -0.3 is 15.2 Å². The van der Waals surface area contributed by atoms with E-state index in [9.17, 15) is 5.11 Å². The number of anilines is 1. The van der Waals surface area contributed by atoms with Gasteiger partial charge >= 0.3 is 0 Å². The zero-order valence-electron chi connectivity index (χ0n) is 11.8. The van der Waals surface area contributed by atoms with E-state index in [1.165, 1.54) is 0 Å². The maximum Gasteiger partial charge on any atom is 0.237 e. The molecular formula is C16H20N2O2. The summed E-state index contributed by atoms with van der Waals surface area (Å²) in [5.74, 6) is 0.887. The Morgan fingerprint density at radius 3 is 2.70 bits per heavy atom. The standard InChI is InChI=1S/C16H20N2O2/c1-3-13(12-8-5-6-10-15(12)19)18-14-9-7-11-17-16(14)20-4-2/h5-11,13,18-19H,3-4H2,1-2H3. The van der Waals surface area contributed by atoms with Gasteiger partial charge in [0.25, 0.3) is 0 Å². The van der Waals surface area contributed by atoms with E-state index in [4.69, 9.17) is 4.74 Å². The molecule has 0 aliphatic rings. The van der Waals surface area contributed by atoms with Crippen LogP contribution in [0.2, 0.25) is 0 Å². The largest absolute Gasteiger partial charge is 0.508 e. The summed E-state index contributed by atoms with van der Waals surface area (Å²) < 4.78 is 5.51. The Hall–Kier alpha value is -2.23. The minimum Gasteiger partial charge on any atom is -0.508 e. The highest BCUT2D eigenvalue weighted by molar-refractivity contribution is 5.54. The second-order valence-electron chi connectivity index (χ2n) is 4.45. The molecule has 0 amide bonds. The number of phenolic OH excluding ortho intramolecular Hbond substituents is 1. The highest BCUT2D eigenvalue weighted by atomic mass is 16.5. The average Bonchev–Trinajstić information content (AvgIpc) is 2.47. The van der Waals surface area contributed by atoms with E-state index in [2.05, 4.69) is 17.2 Å². The molecule has 0 aliphatic heterocycles. The van der Waals surface area contributed by atoms with Gasteiger partial charge in [-0.2, -0.15) is 0 Å². The van der Waals surface area contributed by atoms with Crippen molar-refractivity contribution in [3.8, 4) is 11.6 Å². The summed E-state index contributed by atoms with van der Waals surface area (Å²) in [5.41, 5.74) is 1.71. The second kappa shape index (κ2) is 6.80. The number of ether oxygens (including phenoxy) is 1. The molecule has 0 fully saturated rings. The summed E-state index contributed by atoms with van der Waals surface area (Å²) in [5, 5.41) is 13.4. The Morgan fingerprint density at radius 2 is 2.00 bits per heavy atom. The Bertz CT molecular complexity index is 558. The highest BCUT2D eigenvalue weighted by Gasteiger charge is 2.15. The molecule has 0 radical (unpaired) electrons. The smallest absolute Gasteiger partial charge is 0.237 e. The van der Waals surface area contributed by atoms with Gasteiger partial charge in [0.2, 0.25) is 5.88 Å². The summed E-state index contributed by atoms with van der Waals surface area (Å²) in [6.45, 7) is 4.57. The van der Waals surface area contributed by atoms with Gasteiger partial charge in [0.05, 0.1) is 18.3 Å².